The fraction of sp³-hybridized carbons (Fsp3) is 0.538. The second kappa shape index (κ2) is 7.04. The largest absolute Gasteiger partial charge is 0.368 e. The summed E-state index contributed by atoms with van der Waals surface area (Å²) < 4.78 is 25.5. The number of nitrogens with zero attached hydrogens (tertiary/aromatic N) is 1. The van der Waals surface area contributed by atoms with Gasteiger partial charge in [-0.2, -0.15) is 0 Å². The number of halogens is 3. The van der Waals surface area contributed by atoms with Crippen LogP contribution in [-0.2, 0) is 6.54 Å². The minimum Gasteiger partial charge on any atom is -0.368 e. The number of rotatable bonds is 6. The van der Waals surface area contributed by atoms with Gasteiger partial charge in [-0.05, 0) is 33.6 Å². The van der Waals surface area contributed by atoms with Gasteiger partial charge in [0.1, 0.15) is 0 Å². The van der Waals surface area contributed by atoms with Crippen LogP contribution in [0.15, 0.2) is 22.7 Å². The van der Waals surface area contributed by atoms with Crippen LogP contribution in [0.2, 0.25) is 0 Å². The fourth-order valence-corrected chi connectivity index (χ4v) is 2.33. The SMILES string of the molecule is CC(C)NCc1ccc(N(C)CC(F)F)c(Br)c1. The van der Waals surface area contributed by atoms with Crippen LogP contribution in [0.4, 0.5) is 14.5 Å². The molecule has 102 valence electrons. The molecule has 1 aromatic carbocycles. The Hall–Kier alpha value is -0.680. The minimum atomic E-state index is -2.33. The van der Waals surface area contributed by atoms with Crippen molar-refractivity contribution in [2.75, 3.05) is 18.5 Å². The van der Waals surface area contributed by atoms with E-state index < -0.39 is 6.43 Å². The molecule has 0 amide bonds. The zero-order valence-electron chi connectivity index (χ0n) is 10.9. The average Bonchev–Trinajstić information content (AvgIpc) is 2.25. The highest BCUT2D eigenvalue weighted by Gasteiger charge is 2.11. The molecule has 0 aliphatic heterocycles. The molecule has 0 atom stereocenters. The third-order valence-electron chi connectivity index (χ3n) is 2.55. The van der Waals surface area contributed by atoms with Crippen LogP contribution in [0.1, 0.15) is 19.4 Å². The molecule has 0 radical (unpaired) electrons. The summed E-state index contributed by atoms with van der Waals surface area (Å²) in [5.74, 6) is 0. The van der Waals surface area contributed by atoms with Crippen molar-refractivity contribution >= 4 is 21.6 Å². The van der Waals surface area contributed by atoms with Crippen LogP contribution in [0.3, 0.4) is 0 Å². The molecule has 0 saturated carbocycles. The van der Waals surface area contributed by atoms with Gasteiger partial charge in [-0.15, -0.1) is 0 Å². The molecule has 0 aliphatic rings. The van der Waals surface area contributed by atoms with Crippen molar-refractivity contribution in [3.05, 3.63) is 28.2 Å². The second-order valence-corrected chi connectivity index (χ2v) is 5.45. The summed E-state index contributed by atoms with van der Waals surface area (Å²) in [6.07, 6.45) is -2.33. The highest BCUT2D eigenvalue weighted by atomic mass is 79.9. The Morgan fingerprint density at radius 2 is 2.00 bits per heavy atom. The topological polar surface area (TPSA) is 15.3 Å². The van der Waals surface area contributed by atoms with Crippen LogP contribution in [-0.4, -0.2) is 26.1 Å². The Morgan fingerprint density at radius 3 is 2.50 bits per heavy atom. The lowest BCUT2D eigenvalue weighted by Gasteiger charge is -2.21. The molecule has 0 bridgehead atoms. The maximum Gasteiger partial charge on any atom is 0.255 e. The molecule has 1 aromatic rings. The van der Waals surface area contributed by atoms with E-state index in [1.54, 1.807) is 11.9 Å². The van der Waals surface area contributed by atoms with Crippen molar-refractivity contribution in [2.24, 2.45) is 0 Å². The predicted molar refractivity (Wildman–Crippen MR) is 75.4 cm³/mol. The summed E-state index contributed by atoms with van der Waals surface area (Å²) >= 11 is 3.43. The molecule has 0 aromatic heterocycles. The molecule has 0 spiro atoms. The smallest absolute Gasteiger partial charge is 0.255 e. The molecule has 5 heteroatoms. The van der Waals surface area contributed by atoms with E-state index in [0.29, 0.717) is 6.04 Å². The molecular weight excluding hydrogens is 302 g/mol. The van der Waals surface area contributed by atoms with Gasteiger partial charge in [-0.25, -0.2) is 8.78 Å². The summed E-state index contributed by atoms with van der Waals surface area (Å²) in [5.41, 5.74) is 1.91. The highest BCUT2D eigenvalue weighted by molar-refractivity contribution is 9.10. The number of benzene rings is 1. The van der Waals surface area contributed by atoms with Crippen molar-refractivity contribution in [1.29, 1.82) is 0 Å². The molecule has 0 fully saturated rings. The molecule has 2 nitrogen and oxygen atoms in total. The van der Waals surface area contributed by atoms with Crippen LogP contribution >= 0.6 is 15.9 Å². The molecule has 0 heterocycles. The maximum absolute atomic E-state index is 12.3. The van der Waals surface area contributed by atoms with Gasteiger partial charge in [0.2, 0.25) is 0 Å². The fourth-order valence-electron chi connectivity index (χ4n) is 1.60. The number of nitrogens with one attached hydrogen (secondary N) is 1. The first kappa shape index (κ1) is 15.4. The van der Waals surface area contributed by atoms with Crippen molar-refractivity contribution in [3.8, 4) is 0 Å². The maximum atomic E-state index is 12.3. The third kappa shape index (κ3) is 4.90. The molecule has 18 heavy (non-hydrogen) atoms. The molecule has 0 saturated heterocycles. The highest BCUT2D eigenvalue weighted by Crippen LogP contribution is 2.27. The van der Waals surface area contributed by atoms with E-state index in [4.69, 9.17) is 0 Å². The first-order valence-corrected chi connectivity index (χ1v) is 6.70. The summed E-state index contributed by atoms with van der Waals surface area (Å²) in [5, 5.41) is 3.32. The lowest BCUT2D eigenvalue weighted by molar-refractivity contribution is 0.156. The van der Waals surface area contributed by atoms with Crippen LogP contribution in [0.5, 0.6) is 0 Å². The van der Waals surface area contributed by atoms with Crippen LogP contribution < -0.4 is 10.2 Å². The number of anilines is 1. The van der Waals surface area contributed by atoms with E-state index in [2.05, 4.69) is 35.1 Å². The van der Waals surface area contributed by atoms with Crippen LogP contribution in [0.25, 0.3) is 0 Å². The monoisotopic (exact) mass is 320 g/mol. The lowest BCUT2D eigenvalue weighted by Crippen LogP contribution is -2.24. The molecular formula is C13H19BrF2N2. The average molecular weight is 321 g/mol. The van der Waals surface area contributed by atoms with Gasteiger partial charge in [-0.3, -0.25) is 0 Å². The van der Waals surface area contributed by atoms with E-state index in [9.17, 15) is 8.78 Å². The molecule has 0 unspecified atom stereocenters. The Kier molecular flexibility index (Phi) is 6.02. The van der Waals surface area contributed by atoms with Gasteiger partial charge in [0.05, 0.1) is 12.2 Å². The Labute approximate surface area is 115 Å². The van der Waals surface area contributed by atoms with Crippen molar-refractivity contribution in [1.82, 2.24) is 5.32 Å². The predicted octanol–water partition coefficient (Wildman–Crippen LogP) is 3.65. The number of hydrogen-bond acceptors (Lipinski definition) is 2. The lowest BCUT2D eigenvalue weighted by atomic mass is 10.2. The van der Waals surface area contributed by atoms with Gasteiger partial charge >= 0.3 is 0 Å². The van der Waals surface area contributed by atoms with E-state index in [0.717, 1.165) is 22.3 Å². The molecule has 1 rings (SSSR count). The van der Waals surface area contributed by atoms with E-state index in [-0.39, 0.29) is 6.54 Å². The number of hydrogen-bond donors (Lipinski definition) is 1. The van der Waals surface area contributed by atoms with Crippen molar-refractivity contribution in [2.45, 2.75) is 32.9 Å². The molecule has 1 N–H and O–H groups in total. The van der Waals surface area contributed by atoms with Gasteiger partial charge in [0.15, 0.2) is 0 Å². The standard InChI is InChI=1S/C13H19BrF2N2/c1-9(2)17-7-10-4-5-12(11(14)6-10)18(3)8-13(15)16/h4-6,9,13,17H,7-8H2,1-3H3. The zero-order chi connectivity index (χ0) is 13.7. The normalized spacial score (nSPS) is 11.3. The number of alkyl halides is 2. The van der Waals surface area contributed by atoms with Crippen LogP contribution in [0, 0.1) is 0 Å². The summed E-state index contributed by atoms with van der Waals surface area (Å²) in [4.78, 5) is 1.55. The molecule has 0 aliphatic carbocycles. The first-order chi connectivity index (χ1) is 8.40. The Bertz CT molecular complexity index is 383. The van der Waals surface area contributed by atoms with Gasteiger partial charge in [0.25, 0.3) is 6.43 Å². The van der Waals surface area contributed by atoms with E-state index >= 15 is 0 Å². The van der Waals surface area contributed by atoms with E-state index in [1.807, 2.05) is 18.2 Å². The third-order valence-corrected chi connectivity index (χ3v) is 3.18. The first-order valence-electron chi connectivity index (χ1n) is 5.91. The summed E-state index contributed by atoms with van der Waals surface area (Å²) in [6, 6.07) is 6.21. The van der Waals surface area contributed by atoms with Gasteiger partial charge in [0, 0.05) is 24.1 Å². The van der Waals surface area contributed by atoms with Gasteiger partial charge in [-0.1, -0.05) is 19.9 Å². The quantitative estimate of drug-likeness (QED) is 0.860. The minimum absolute atomic E-state index is 0.262. The summed E-state index contributed by atoms with van der Waals surface area (Å²) in [6.45, 7) is 4.68. The summed E-state index contributed by atoms with van der Waals surface area (Å²) in [7, 11) is 1.66. The zero-order valence-corrected chi connectivity index (χ0v) is 12.5. The van der Waals surface area contributed by atoms with Gasteiger partial charge < -0.3 is 10.2 Å². The van der Waals surface area contributed by atoms with Crippen molar-refractivity contribution in [3.63, 3.8) is 0 Å². The van der Waals surface area contributed by atoms with E-state index in [1.165, 1.54) is 0 Å². The van der Waals surface area contributed by atoms with Crippen molar-refractivity contribution < 1.29 is 8.78 Å². The second-order valence-electron chi connectivity index (χ2n) is 4.59. The Morgan fingerprint density at radius 1 is 1.33 bits per heavy atom. The Balaban J connectivity index is 2.73.